The van der Waals surface area contributed by atoms with E-state index >= 15 is 0 Å². The third-order valence-corrected chi connectivity index (χ3v) is 2.86. The number of hydrogen-bond donors (Lipinski definition) is 2. The van der Waals surface area contributed by atoms with Crippen LogP contribution in [0.2, 0.25) is 0 Å². The Bertz CT molecular complexity index is 444. The average Bonchev–Trinajstić information content (AvgIpc) is 2.78. The van der Waals surface area contributed by atoms with E-state index < -0.39 is 17.9 Å². The quantitative estimate of drug-likeness (QED) is 0.781. The van der Waals surface area contributed by atoms with Crippen molar-refractivity contribution in [2.45, 2.75) is 18.9 Å². The van der Waals surface area contributed by atoms with Gasteiger partial charge in [-0.15, -0.1) is 0 Å². The molecule has 1 atom stereocenters. The highest BCUT2D eigenvalue weighted by atomic mass is 16.4. The number of nitrogens with two attached hydrogens (primary N) is 1. The lowest BCUT2D eigenvalue weighted by Gasteiger charge is -2.22. The van der Waals surface area contributed by atoms with Crippen molar-refractivity contribution in [1.29, 1.82) is 0 Å². The minimum Gasteiger partial charge on any atom is -0.480 e. The SMILES string of the molecule is NC(=O)c1ccc(N2CCCC2C(=O)O)nc1. The molecule has 1 aliphatic heterocycles. The fourth-order valence-electron chi connectivity index (χ4n) is 2.00. The molecule has 1 aliphatic rings. The van der Waals surface area contributed by atoms with Crippen LogP contribution in [0.3, 0.4) is 0 Å². The second-order valence-corrected chi connectivity index (χ2v) is 3.96. The average molecular weight is 235 g/mol. The van der Waals surface area contributed by atoms with E-state index in [0.717, 1.165) is 6.42 Å². The second-order valence-electron chi connectivity index (χ2n) is 3.96. The number of rotatable bonds is 3. The number of anilines is 1. The molecule has 0 saturated carbocycles. The van der Waals surface area contributed by atoms with E-state index in [1.807, 2.05) is 0 Å². The van der Waals surface area contributed by atoms with Gasteiger partial charge in [-0.2, -0.15) is 0 Å². The van der Waals surface area contributed by atoms with Crippen molar-refractivity contribution in [3.05, 3.63) is 23.9 Å². The van der Waals surface area contributed by atoms with Gasteiger partial charge in [0.15, 0.2) is 0 Å². The van der Waals surface area contributed by atoms with Crippen molar-refractivity contribution < 1.29 is 14.7 Å². The molecule has 1 saturated heterocycles. The van der Waals surface area contributed by atoms with Crippen LogP contribution in [0.1, 0.15) is 23.2 Å². The molecule has 1 aromatic heterocycles. The molecule has 1 amide bonds. The van der Waals surface area contributed by atoms with Crippen LogP contribution in [0.25, 0.3) is 0 Å². The van der Waals surface area contributed by atoms with E-state index in [1.165, 1.54) is 6.20 Å². The molecule has 0 bridgehead atoms. The molecule has 0 aliphatic carbocycles. The maximum absolute atomic E-state index is 11.0. The van der Waals surface area contributed by atoms with Crippen LogP contribution in [0.15, 0.2) is 18.3 Å². The standard InChI is InChI=1S/C11H13N3O3/c12-10(15)7-3-4-9(13-6-7)14-5-1-2-8(14)11(16)17/h3-4,6,8H,1-2,5H2,(H2,12,15)(H,16,17). The zero-order valence-corrected chi connectivity index (χ0v) is 9.17. The first-order valence-electron chi connectivity index (χ1n) is 5.35. The first kappa shape index (κ1) is 11.4. The van der Waals surface area contributed by atoms with Crippen molar-refractivity contribution in [2.75, 3.05) is 11.4 Å². The summed E-state index contributed by atoms with van der Waals surface area (Å²) < 4.78 is 0. The molecule has 2 heterocycles. The molecular weight excluding hydrogens is 222 g/mol. The number of primary amides is 1. The van der Waals surface area contributed by atoms with Gasteiger partial charge < -0.3 is 15.7 Å². The van der Waals surface area contributed by atoms with Crippen LogP contribution in [0.5, 0.6) is 0 Å². The molecule has 6 heteroatoms. The van der Waals surface area contributed by atoms with E-state index in [2.05, 4.69) is 4.98 Å². The molecule has 1 fully saturated rings. The lowest BCUT2D eigenvalue weighted by Crippen LogP contribution is -2.36. The Kier molecular flexibility index (Phi) is 2.95. The maximum atomic E-state index is 11.0. The van der Waals surface area contributed by atoms with Gasteiger partial charge in [-0.25, -0.2) is 9.78 Å². The van der Waals surface area contributed by atoms with Crippen molar-refractivity contribution in [3.8, 4) is 0 Å². The van der Waals surface area contributed by atoms with E-state index in [0.29, 0.717) is 24.3 Å². The van der Waals surface area contributed by atoms with Gasteiger partial charge in [-0.3, -0.25) is 4.79 Å². The van der Waals surface area contributed by atoms with Gasteiger partial charge >= 0.3 is 5.97 Å². The Hall–Kier alpha value is -2.11. The molecule has 1 unspecified atom stereocenters. The van der Waals surface area contributed by atoms with Crippen LogP contribution in [-0.2, 0) is 4.79 Å². The zero-order valence-electron chi connectivity index (χ0n) is 9.17. The number of hydrogen-bond acceptors (Lipinski definition) is 4. The largest absolute Gasteiger partial charge is 0.480 e. The Labute approximate surface area is 98.1 Å². The number of aromatic nitrogens is 1. The van der Waals surface area contributed by atoms with Gasteiger partial charge in [0.2, 0.25) is 5.91 Å². The molecule has 90 valence electrons. The summed E-state index contributed by atoms with van der Waals surface area (Å²) in [7, 11) is 0. The predicted octanol–water partition coefficient (Wildman–Crippen LogP) is 0.234. The van der Waals surface area contributed by atoms with E-state index in [4.69, 9.17) is 10.8 Å². The zero-order chi connectivity index (χ0) is 12.4. The highest BCUT2D eigenvalue weighted by Gasteiger charge is 2.31. The van der Waals surface area contributed by atoms with E-state index in [-0.39, 0.29) is 0 Å². The lowest BCUT2D eigenvalue weighted by molar-refractivity contribution is -0.138. The summed E-state index contributed by atoms with van der Waals surface area (Å²) in [6.07, 6.45) is 2.82. The molecule has 0 radical (unpaired) electrons. The Morgan fingerprint density at radius 3 is 2.76 bits per heavy atom. The summed E-state index contributed by atoms with van der Waals surface area (Å²) in [4.78, 5) is 27.7. The minimum atomic E-state index is -0.844. The number of carboxylic acids is 1. The van der Waals surface area contributed by atoms with Crippen molar-refractivity contribution in [1.82, 2.24) is 4.98 Å². The lowest BCUT2D eigenvalue weighted by atomic mass is 10.2. The van der Waals surface area contributed by atoms with Gasteiger partial charge in [0.1, 0.15) is 11.9 Å². The van der Waals surface area contributed by atoms with Gasteiger partial charge in [0, 0.05) is 12.7 Å². The third-order valence-electron chi connectivity index (χ3n) is 2.86. The third kappa shape index (κ3) is 2.20. The number of carbonyl (C=O) groups is 2. The summed E-state index contributed by atoms with van der Waals surface area (Å²) in [5, 5.41) is 9.04. The van der Waals surface area contributed by atoms with Crippen LogP contribution in [-0.4, -0.2) is 34.6 Å². The molecule has 2 rings (SSSR count). The monoisotopic (exact) mass is 235 g/mol. The summed E-state index contributed by atoms with van der Waals surface area (Å²) >= 11 is 0. The minimum absolute atomic E-state index is 0.319. The van der Waals surface area contributed by atoms with Gasteiger partial charge in [-0.1, -0.05) is 0 Å². The smallest absolute Gasteiger partial charge is 0.326 e. The summed E-state index contributed by atoms with van der Waals surface area (Å²) in [5.74, 6) is -0.816. The Morgan fingerprint density at radius 2 is 2.24 bits per heavy atom. The molecule has 1 aromatic rings. The predicted molar refractivity (Wildman–Crippen MR) is 60.8 cm³/mol. The van der Waals surface area contributed by atoms with Gasteiger partial charge in [-0.05, 0) is 25.0 Å². The van der Waals surface area contributed by atoms with Crippen LogP contribution >= 0.6 is 0 Å². The van der Waals surface area contributed by atoms with Crippen molar-refractivity contribution >= 4 is 17.7 Å². The molecule has 0 aromatic carbocycles. The number of carboxylic acid groups (broad SMARTS) is 1. The van der Waals surface area contributed by atoms with Gasteiger partial charge in [0.05, 0.1) is 5.56 Å². The highest BCUT2D eigenvalue weighted by molar-refractivity contribution is 5.92. The molecular formula is C11H13N3O3. The maximum Gasteiger partial charge on any atom is 0.326 e. The topological polar surface area (TPSA) is 96.5 Å². The molecule has 6 nitrogen and oxygen atoms in total. The summed E-state index contributed by atoms with van der Waals surface area (Å²) in [6.45, 7) is 0.667. The summed E-state index contributed by atoms with van der Waals surface area (Å²) in [6, 6.07) is 2.66. The molecule has 0 spiro atoms. The van der Waals surface area contributed by atoms with Gasteiger partial charge in [0.25, 0.3) is 0 Å². The molecule has 3 N–H and O–H groups in total. The number of aliphatic carboxylic acids is 1. The fraction of sp³-hybridized carbons (Fsp3) is 0.364. The number of carbonyl (C=O) groups excluding carboxylic acids is 1. The first-order chi connectivity index (χ1) is 8.09. The normalized spacial score (nSPS) is 19.3. The molecule has 17 heavy (non-hydrogen) atoms. The summed E-state index contributed by atoms with van der Waals surface area (Å²) in [5.41, 5.74) is 5.43. The first-order valence-corrected chi connectivity index (χ1v) is 5.35. The number of pyridine rings is 1. The van der Waals surface area contributed by atoms with Crippen LogP contribution in [0, 0.1) is 0 Å². The highest BCUT2D eigenvalue weighted by Crippen LogP contribution is 2.23. The number of nitrogens with zero attached hydrogens (tertiary/aromatic N) is 2. The van der Waals surface area contributed by atoms with Crippen LogP contribution < -0.4 is 10.6 Å². The fourth-order valence-corrected chi connectivity index (χ4v) is 2.00. The Morgan fingerprint density at radius 1 is 1.47 bits per heavy atom. The van der Waals surface area contributed by atoms with Crippen LogP contribution in [0.4, 0.5) is 5.82 Å². The van der Waals surface area contributed by atoms with E-state index in [1.54, 1.807) is 17.0 Å². The van der Waals surface area contributed by atoms with Crippen molar-refractivity contribution in [3.63, 3.8) is 0 Å². The van der Waals surface area contributed by atoms with Crippen molar-refractivity contribution in [2.24, 2.45) is 5.73 Å². The number of amides is 1. The second kappa shape index (κ2) is 4.40. The van der Waals surface area contributed by atoms with E-state index in [9.17, 15) is 9.59 Å². The Balaban J connectivity index is 2.22.